The monoisotopic (exact) mass is 291 g/mol. The molecule has 0 fully saturated rings. The maximum atomic E-state index is 12.5. The maximum Gasteiger partial charge on any atom is 0.147 e. The molecule has 2 nitrogen and oxygen atoms in total. The Kier molecular flexibility index (Phi) is 3.54. The molecule has 0 saturated heterocycles. The van der Waals surface area contributed by atoms with Crippen molar-refractivity contribution in [3.05, 3.63) is 37.5 Å². The number of ketones is 1. The summed E-state index contributed by atoms with van der Waals surface area (Å²) < 4.78 is 0. The summed E-state index contributed by atoms with van der Waals surface area (Å²) in [6.45, 7) is 4.08. The van der Waals surface area contributed by atoms with Gasteiger partial charge in [0.15, 0.2) is 0 Å². The zero-order valence-corrected chi connectivity index (χ0v) is 12.9. The van der Waals surface area contributed by atoms with Crippen LogP contribution in [0.5, 0.6) is 0 Å². The van der Waals surface area contributed by atoms with Gasteiger partial charge >= 0.3 is 0 Å². The van der Waals surface area contributed by atoms with Crippen LogP contribution in [0, 0.1) is 13.8 Å². The number of nitrogens with zero attached hydrogens (tertiary/aromatic N) is 1. The molecule has 1 aliphatic rings. The van der Waals surface area contributed by atoms with Crippen LogP contribution < -0.4 is 0 Å². The van der Waals surface area contributed by atoms with Gasteiger partial charge in [0.2, 0.25) is 0 Å². The lowest BCUT2D eigenvalue weighted by atomic mass is 9.84. The molecule has 0 radical (unpaired) electrons. The third kappa shape index (κ3) is 2.51. The number of aryl methyl sites for hydroxylation is 3. The van der Waals surface area contributed by atoms with E-state index in [2.05, 4.69) is 23.4 Å². The lowest BCUT2D eigenvalue weighted by Gasteiger charge is -2.20. The highest BCUT2D eigenvalue weighted by molar-refractivity contribution is 7.11. The fourth-order valence-electron chi connectivity index (χ4n) is 2.71. The molecule has 0 bridgehead atoms. The van der Waals surface area contributed by atoms with Gasteiger partial charge in [-0.15, -0.1) is 22.7 Å². The van der Waals surface area contributed by atoms with Crippen LogP contribution in [0.1, 0.15) is 44.8 Å². The molecule has 4 heteroatoms. The molecule has 2 aromatic heterocycles. The van der Waals surface area contributed by atoms with Crippen LogP contribution in [0.25, 0.3) is 0 Å². The first kappa shape index (κ1) is 13.0. The Morgan fingerprint density at radius 1 is 1.47 bits per heavy atom. The Bertz CT molecular complexity index is 592. The lowest BCUT2D eigenvalue weighted by Crippen LogP contribution is -2.18. The summed E-state index contributed by atoms with van der Waals surface area (Å²) in [7, 11) is 0. The number of Topliss-reactive ketones (excluding diaryl/α,β-unsaturated/α-hetero) is 1. The highest BCUT2D eigenvalue weighted by Gasteiger charge is 2.27. The molecule has 0 aliphatic heterocycles. The van der Waals surface area contributed by atoms with E-state index >= 15 is 0 Å². The van der Waals surface area contributed by atoms with E-state index in [9.17, 15) is 4.79 Å². The molecule has 100 valence electrons. The molecule has 1 unspecified atom stereocenters. The minimum Gasteiger partial charge on any atom is -0.299 e. The first-order chi connectivity index (χ1) is 9.15. The highest BCUT2D eigenvalue weighted by atomic mass is 32.1. The van der Waals surface area contributed by atoms with Crippen LogP contribution in [0.2, 0.25) is 0 Å². The normalized spacial score (nSPS) is 18.3. The Hall–Kier alpha value is -1.00. The zero-order valence-electron chi connectivity index (χ0n) is 11.2. The van der Waals surface area contributed by atoms with Crippen molar-refractivity contribution in [3.8, 4) is 0 Å². The van der Waals surface area contributed by atoms with Crippen molar-refractivity contribution < 1.29 is 4.79 Å². The molecule has 19 heavy (non-hydrogen) atoms. The molecule has 1 aliphatic carbocycles. The van der Waals surface area contributed by atoms with E-state index < -0.39 is 0 Å². The number of thiophene rings is 1. The van der Waals surface area contributed by atoms with E-state index in [-0.39, 0.29) is 5.92 Å². The van der Waals surface area contributed by atoms with Gasteiger partial charge in [-0.25, -0.2) is 4.98 Å². The van der Waals surface area contributed by atoms with Crippen molar-refractivity contribution in [2.24, 2.45) is 0 Å². The van der Waals surface area contributed by atoms with Gasteiger partial charge in [-0.05, 0) is 50.1 Å². The van der Waals surface area contributed by atoms with Crippen molar-refractivity contribution in [2.75, 3.05) is 0 Å². The summed E-state index contributed by atoms with van der Waals surface area (Å²) in [5, 5.41) is 3.09. The van der Waals surface area contributed by atoms with Crippen LogP contribution >= 0.6 is 22.7 Å². The molecular formula is C15H17NOS2. The van der Waals surface area contributed by atoms with E-state index in [0.717, 1.165) is 30.0 Å². The van der Waals surface area contributed by atoms with E-state index in [1.807, 2.05) is 6.92 Å². The largest absolute Gasteiger partial charge is 0.299 e. The lowest BCUT2D eigenvalue weighted by molar-refractivity contribution is -0.120. The predicted molar refractivity (Wildman–Crippen MR) is 80.3 cm³/mol. The molecule has 0 spiro atoms. The van der Waals surface area contributed by atoms with Crippen LogP contribution in [0.15, 0.2) is 11.4 Å². The van der Waals surface area contributed by atoms with Crippen molar-refractivity contribution in [3.63, 3.8) is 0 Å². The van der Waals surface area contributed by atoms with Gasteiger partial charge in [-0.1, -0.05) is 0 Å². The van der Waals surface area contributed by atoms with Gasteiger partial charge in [-0.3, -0.25) is 4.79 Å². The van der Waals surface area contributed by atoms with E-state index in [1.165, 1.54) is 15.3 Å². The van der Waals surface area contributed by atoms with Crippen molar-refractivity contribution in [1.82, 2.24) is 4.98 Å². The molecule has 3 rings (SSSR count). The Morgan fingerprint density at radius 3 is 3.05 bits per heavy atom. The van der Waals surface area contributed by atoms with Gasteiger partial charge in [0.05, 0.1) is 12.1 Å². The minimum absolute atomic E-state index is 0.111. The number of fused-ring (bicyclic) bond motifs is 1. The standard InChI is InChI=1S/C15H17NOS2/c1-9-10(2)19-15(16-9)8-13(17)11-4-3-5-14-12(11)6-7-18-14/h6-7,11H,3-5,8H2,1-2H3. The smallest absolute Gasteiger partial charge is 0.147 e. The van der Waals surface area contributed by atoms with Gasteiger partial charge in [0.1, 0.15) is 10.8 Å². The van der Waals surface area contributed by atoms with Gasteiger partial charge in [0.25, 0.3) is 0 Å². The van der Waals surface area contributed by atoms with Gasteiger partial charge in [0, 0.05) is 15.7 Å². The first-order valence-electron chi connectivity index (χ1n) is 6.67. The van der Waals surface area contributed by atoms with Crippen LogP contribution in [-0.2, 0) is 17.6 Å². The van der Waals surface area contributed by atoms with Crippen molar-refractivity contribution in [2.45, 2.75) is 45.4 Å². The number of hydrogen-bond acceptors (Lipinski definition) is 4. The quantitative estimate of drug-likeness (QED) is 0.854. The van der Waals surface area contributed by atoms with Crippen LogP contribution in [-0.4, -0.2) is 10.8 Å². The summed E-state index contributed by atoms with van der Waals surface area (Å²) in [5.41, 5.74) is 2.35. The summed E-state index contributed by atoms with van der Waals surface area (Å²) in [4.78, 5) is 19.6. The summed E-state index contributed by atoms with van der Waals surface area (Å²) in [6.07, 6.45) is 3.79. The number of hydrogen-bond donors (Lipinski definition) is 0. The Labute approximate surface area is 121 Å². The number of rotatable bonds is 3. The molecule has 0 N–H and O–H groups in total. The third-order valence-corrected chi connectivity index (χ3v) is 5.91. The van der Waals surface area contributed by atoms with Crippen LogP contribution in [0.3, 0.4) is 0 Å². The SMILES string of the molecule is Cc1nc(CC(=O)C2CCCc3sccc32)sc1C. The number of thiazole rings is 1. The minimum atomic E-state index is 0.111. The average molecular weight is 291 g/mol. The van der Waals surface area contributed by atoms with E-state index in [1.54, 1.807) is 22.7 Å². The molecule has 0 saturated carbocycles. The molecule has 2 aromatic rings. The van der Waals surface area contributed by atoms with Crippen molar-refractivity contribution in [1.29, 1.82) is 0 Å². The average Bonchev–Trinajstić information content (AvgIpc) is 2.96. The first-order valence-corrected chi connectivity index (χ1v) is 8.36. The van der Waals surface area contributed by atoms with Gasteiger partial charge in [-0.2, -0.15) is 0 Å². The second kappa shape index (κ2) is 5.17. The van der Waals surface area contributed by atoms with E-state index in [4.69, 9.17) is 0 Å². The predicted octanol–water partition coefficient (Wildman–Crippen LogP) is 4.05. The second-order valence-corrected chi connectivity index (χ2v) is 7.42. The number of carbonyl (C=O) groups excluding carboxylic acids is 1. The molecule has 0 aromatic carbocycles. The van der Waals surface area contributed by atoms with E-state index in [0.29, 0.717) is 12.2 Å². The number of aromatic nitrogens is 1. The Balaban J connectivity index is 1.79. The molecule has 0 amide bonds. The third-order valence-electron chi connectivity index (χ3n) is 3.84. The highest BCUT2D eigenvalue weighted by Crippen LogP contribution is 2.36. The Morgan fingerprint density at radius 2 is 2.32 bits per heavy atom. The maximum absolute atomic E-state index is 12.5. The fourth-order valence-corrected chi connectivity index (χ4v) is 4.64. The molecule has 1 atom stereocenters. The zero-order chi connectivity index (χ0) is 13.4. The molecular weight excluding hydrogens is 274 g/mol. The topological polar surface area (TPSA) is 30.0 Å². The summed E-state index contributed by atoms with van der Waals surface area (Å²) in [6, 6.07) is 2.14. The van der Waals surface area contributed by atoms with Gasteiger partial charge < -0.3 is 0 Å². The second-order valence-electron chi connectivity index (χ2n) is 5.14. The van der Waals surface area contributed by atoms with Crippen molar-refractivity contribution >= 4 is 28.5 Å². The number of carbonyl (C=O) groups is 1. The molecule has 2 heterocycles. The van der Waals surface area contributed by atoms with Crippen LogP contribution in [0.4, 0.5) is 0 Å². The summed E-state index contributed by atoms with van der Waals surface area (Å²) >= 11 is 3.45. The summed E-state index contributed by atoms with van der Waals surface area (Å²) in [5.74, 6) is 0.451. The fraction of sp³-hybridized carbons (Fsp3) is 0.467.